The van der Waals surface area contributed by atoms with E-state index in [1.165, 1.54) is 0 Å². The minimum Gasteiger partial charge on any atom is -0.497 e. The number of carbonyl (C=O) groups excluding carboxylic acids is 2. The Labute approximate surface area is 138 Å². The van der Waals surface area contributed by atoms with Crippen LogP contribution in [0.1, 0.15) is 44.5 Å². The van der Waals surface area contributed by atoms with Gasteiger partial charge in [0.2, 0.25) is 5.91 Å². The molecule has 0 bridgehead atoms. The molecule has 5 heteroatoms. The van der Waals surface area contributed by atoms with Crippen molar-refractivity contribution in [3.8, 4) is 5.75 Å². The van der Waals surface area contributed by atoms with Crippen molar-refractivity contribution in [2.24, 2.45) is 11.3 Å². The first-order valence-electron chi connectivity index (χ1n) is 7.99. The quantitative estimate of drug-likeness (QED) is 0.724. The minimum atomic E-state index is -0.383. The van der Waals surface area contributed by atoms with Crippen molar-refractivity contribution in [1.29, 1.82) is 0 Å². The maximum absolute atomic E-state index is 12.1. The van der Waals surface area contributed by atoms with E-state index in [2.05, 4.69) is 10.6 Å². The van der Waals surface area contributed by atoms with Crippen molar-refractivity contribution < 1.29 is 14.3 Å². The fourth-order valence-corrected chi connectivity index (χ4v) is 1.83. The molecule has 0 spiro atoms. The molecule has 2 N–H and O–H groups in total. The van der Waals surface area contributed by atoms with E-state index in [1.807, 2.05) is 27.7 Å². The number of amides is 2. The Morgan fingerprint density at radius 2 is 1.65 bits per heavy atom. The van der Waals surface area contributed by atoms with E-state index in [-0.39, 0.29) is 23.1 Å². The Bertz CT molecular complexity index is 522. The molecule has 0 aliphatic rings. The van der Waals surface area contributed by atoms with Crippen LogP contribution in [0.2, 0.25) is 0 Å². The molecular formula is C18H28N2O3. The normalized spacial score (nSPS) is 11.2. The Morgan fingerprint density at radius 3 is 2.17 bits per heavy atom. The van der Waals surface area contributed by atoms with Crippen LogP contribution in [0.25, 0.3) is 0 Å². The summed E-state index contributed by atoms with van der Waals surface area (Å²) < 4.78 is 5.06. The predicted octanol–water partition coefficient (Wildman–Crippen LogP) is 2.61. The lowest BCUT2D eigenvalue weighted by Crippen LogP contribution is -2.41. The maximum atomic E-state index is 12.1. The number of carbonyl (C=O) groups is 2. The number of hydrogen-bond donors (Lipinski definition) is 2. The van der Waals surface area contributed by atoms with E-state index < -0.39 is 0 Å². The van der Waals surface area contributed by atoms with Crippen LogP contribution in [0.4, 0.5) is 0 Å². The number of nitrogens with one attached hydrogen (secondary N) is 2. The zero-order valence-electron chi connectivity index (χ0n) is 14.7. The van der Waals surface area contributed by atoms with Crippen molar-refractivity contribution in [1.82, 2.24) is 10.6 Å². The van der Waals surface area contributed by atoms with Gasteiger partial charge in [0.15, 0.2) is 0 Å². The number of hydrogen-bond acceptors (Lipinski definition) is 3. The Hall–Kier alpha value is -2.04. The molecule has 0 radical (unpaired) electrons. The molecule has 23 heavy (non-hydrogen) atoms. The van der Waals surface area contributed by atoms with Gasteiger partial charge in [-0.15, -0.1) is 0 Å². The van der Waals surface area contributed by atoms with Crippen molar-refractivity contribution in [3.63, 3.8) is 0 Å². The van der Waals surface area contributed by atoms with Gasteiger partial charge in [0, 0.05) is 24.1 Å². The standard InChI is InChI=1S/C18H28N2O3/c1-13(2)18(3,4)17(22)20-12-6-11-19-16(21)14-7-9-15(23-5)10-8-14/h7-10,13H,6,11-12H2,1-5H3,(H,19,21)(H,20,22). The third kappa shape index (κ3) is 5.58. The van der Waals surface area contributed by atoms with Gasteiger partial charge < -0.3 is 15.4 Å². The highest BCUT2D eigenvalue weighted by Gasteiger charge is 2.30. The molecule has 5 nitrogen and oxygen atoms in total. The summed E-state index contributed by atoms with van der Waals surface area (Å²) in [4.78, 5) is 24.0. The first-order chi connectivity index (χ1) is 10.8. The van der Waals surface area contributed by atoms with Crippen LogP contribution in [0.15, 0.2) is 24.3 Å². The van der Waals surface area contributed by atoms with E-state index in [1.54, 1.807) is 31.4 Å². The monoisotopic (exact) mass is 320 g/mol. The van der Waals surface area contributed by atoms with Gasteiger partial charge in [-0.3, -0.25) is 9.59 Å². The Balaban J connectivity index is 2.29. The van der Waals surface area contributed by atoms with Crippen molar-refractivity contribution >= 4 is 11.8 Å². The lowest BCUT2D eigenvalue weighted by molar-refractivity contribution is -0.131. The van der Waals surface area contributed by atoms with Gasteiger partial charge in [0.1, 0.15) is 5.75 Å². The summed E-state index contributed by atoms with van der Waals surface area (Å²) in [6.07, 6.45) is 0.696. The molecule has 1 aromatic rings. The van der Waals surface area contributed by atoms with Gasteiger partial charge in [-0.25, -0.2) is 0 Å². The zero-order chi connectivity index (χ0) is 17.5. The average molecular weight is 320 g/mol. The van der Waals surface area contributed by atoms with Crippen LogP contribution in [-0.2, 0) is 4.79 Å². The molecule has 128 valence electrons. The number of ether oxygens (including phenoxy) is 1. The zero-order valence-corrected chi connectivity index (χ0v) is 14.7. The molecule has 0 saturated heterocycles. The number of rotatable bonds is 8. The van der Waals surface area contributed by atoms with Crippen molar-refractivity contribution in [3.05, 3.63) is 29.8 Å². The van der Waals surface area contributed by atoms with E-state index in [4.69, 9.17) is 4.74 Å². The van der Waals surface area contributed by atoms with Crippen LogP contribution in [0, 0.1) is 11.3 Å². The summed E-state index contributed by atoms with van der Waals surface area (Å²) >= 11 is 0. The lowest BCUT2D eigenvalue weighted by Gasteiger charge is -2.27. The fraction of sp³-hybridized carbons (Fsp3) is 0.556. The third-order valence-corrected chi connectivity index (χ3v) is 4.31. The summed E-state index contributed by atoms with van der Waals surface area (Å²) in [6, 6.07) is 6.95. The van der Waals surface area contributed by atoms with E-state index in [9.17, 15) is 9.59 Å². The van der Waals surface area contributed by atoms with Crippen molar-refractivity contribution in [2.75, 3.05) is 20.2 Å². The summed E-state index contributed by atoms with van der Waals surface area (Å²) in [7, 11) is 1.59. The summed E-state index contributed by atoms with van der Waals surface area (Å²) in [5, 5.41) is 5.77. The maximum Gasteiger partial charge on any atom is 0.251 e. The minimum absolute atomic E-state index is 0.0500. The van der Waals surface area contributed by atoms with Crippen LogP contribution >= 0.6 is 0 Å². The smallest absolute Gasteiger partial charge is 0.251 e. The van der Waals surface area contributed by atoms with Gasteiger partial charge >= 0.3 is 0 Å². The van der Waals surface area contributed by atoms with Crippen molar-refractivity contribution in [2.45, 2.75) is 34.1 Å². The second-order valence-corrected chi connectivity index (χ2v) is 6.47. The lowest BCUT2D eigenvalue weighted by atomic mass is 9.80. The summed E-state index contributed by atoms with van der Waals surface area (Å²) in [5.74, 6) is 0.921. The Morgan fingerprint density at radius 1 is 1.09 bits per heavy atom. The van der Waals surface area contributed by atoms with Crippen LogP contribution in [0.3, 0.4) is 0 Å². The molecule has 0 aromatic heterocycles. The predicted molar refractivity (Wildman–Crippen MR) is 91.6 cm³/mol. The highest BCUT2D eigenvalue weighted by Crippen LogP contribution is 2.25. The second-order valence-electron chi connectivity index (χ2n) is 6.47. The van der Waals surface area contributed by atoms with E-state index in [0.717, 1.165) is 5.75 Å². The van der Waals surface area contributed by atoms with E-state index in [0.29, 0.717) is 25.1 Å². The Kier molecular flexibility index (Phi) is 7.07. The molecule has 2 amide bonds. The van der Waals surface area contributed by atoms with Crippen LogP contribution < -0.4 is 15.4 Å². The number of benzene rings is 1. The molecule has 0 heterocycles. The number of methoxy groups -OCH3 is 1. The fourth-order valence-electron chi connectivity index (χ4n) is 1.83. The van der Waals surface area contributed by atoms with Gasteiger partial charge in [-0.1, -0.05) is 27.7 Å². The SMILES string of the molecule is COc1ccc(C(=O)NCCCNC(=O)C(C)(C)C(C)C)cc1. The summed E-state index contributed by atoms with van der Waals surface area (Å²) in [5.41, 5.74) is 0.211. The van der Waals surface area contributed by atoms with E-state index >= 15 is 0 Å². The van der Waals surface area contributed by atoms with Gasteiger partial charge in [0.05, 0.1) is 7.11 Å². The van der Waals surface area contributed by atoms with Gasteiger partial charge in [0.25, 0.3) is 5.91 Å². The highest BCUT2D eigenvalue weighted by molar-refractivity contribution is 5.94. The average Bonchev–Trinajstić information content (AvgIpc) is 2.53. The largest absolute Gasteiger partial charge is 0.497 e. The molecule has 0 atom stereocenters. The first-order valence-corrected chi connectivity index (χ1v) is 7.99. The highest BCUT2D eigenvalue weighted by atomic mass is 16.5. The van der Waals surface area contributed by atoms with Crippen LogP contribution in [-0.4, -0.2) is 32.0 Å². The van der Waals surface area contributed by atoms with Gasteiger partial charge in [-0.05, 0) is 36.6 Å². The molecule has 0 aliphatic carbocycles. The molecular weight excluding hydrogens is 292 g/mol. The molecule has 0 aliphatic heterocycles. The molecule has 0 unspecified atom stereocenters. The molecule has 1 aromatic carbocycles. The third-order valence-electron chi connectivity index (χ3n) is 4.31. The topological polar surface area (TPSA) is 67.4 Å². The molecule has 0 fully saturated rings. The first kappa shape index (κ1) is 19.0. The van der Waals surface area contributed by atoms with Crippen LogP contribution in [0.5, 0.6) is 5.75 Å². The second kappa shape index (κ2) is 8.56. The molecule has 0 saturated carbocycles. The van der Waals surface area contributed by atoms with Gasteiger partial charge in [-0.2, -0.15) is 0 Å². The molecule has 1 rings (SSSR count). The summed E-state index contributed by atoms with van der Waals surface area (Å²) in [6.45, 7) is 9.03.